The zero-order valence-corrected chi connectivity index (χ0v) is 6.67. The maximum absolute atomic E-state index is 11.1. The zero-order chi connectivity index (χ0) is 8.10. The van der Waals surface area contributed by atoms with Crippen LogP contribution < -0.4 is 5.32 Å². The average Bonchev–Trinajstić information content (AvgIpc) is 2.07. The van der Waals surface area contributed by atoms with Gasteiger partial charge < -0.3 is 10.1 Å². The van der Waals surface area contributed by atoms with Crippen LogP contribution in [0, 0.1) is 0 Å². The van der Waals surface area contributed by atoms with Gasteiger partial charge in [0.25, 0.3) is 0 Å². The van der Waals surface area contributed by atoms with Crippen molar-refractivity contribution in [3.8, 4) is 0 Å². The Hall–Kier alpha value is -0.990. The molecule has 0 aromatic heterocycles. The van der Waals surface area contributed by atoms with Gasteiger partial charge in [-0.2, -0.15) is 0 Å². The third-order valence-corrected chi connectivity index (χ3v) is 1.61. The fourth-order valence-electron chi connectivity index (χ4n) is 1.04. The smallest absolute Gasteiger partial charge is 0.328 e. The van der Waals surface area contributed by atoms with Gasteiger partial charge >= 0.3 is 5.97 Å². The Morgan fingerprint density at radius 2 is 2.64 bits per heavy atom. The Morgan fingerprint density at radius 1 is 1.82 bits per heavy atom. The van der Waals surface area contributed by atoms with Gasteiger partial charge in [-0.25, -0.2) is 4.79 Å². The second-order valence-corrected chi connectivity index (χ2v) is 2.45. The first-order chi connectivity index (χ1) is 5.34. The monoisotopic (exact) mass is 155 g/mol. The molecule has 0 aromatic carbocycles. The lowest BCUT2D eigenvalue weighted by molar-refractivity contribution is -0.145. The minimum absolute atomic E-state index is 0.125. The van der Waals surface area contributed by atoms with Crippen molar-refractivity contribution in [1.29, 1.82) is 0 Å². The molecule has 0 amide bonds. The van der Waals surface area contributed by atoms with Crippen LogP contribution in [0.2, 0.25) is 0 Å². The second-order valence-electron chi connectivity index (χ2n) is 2.45. The number of nitrogens with one attached hydrogen (secondary N) is 1. The minimum Gasteiger partial charge on any atom is -0.464 e. The maximum atomic E-state index is 11.1. The first kappa shape index (κ1) is 8.11. The lowest BCUT2D eigenvalue weighted by Gasteiger charge is -2.17. The molecule has 0 saturated carbocycles. The van der Waals surface area contributed by atoms with Gasteiger partial charge in [0, 0.05) is 0 Å². The number of ether oxygens (including phenoxy) is 1. The van der Waals surface area contributed by atoms with Crippen LogP contribution in [0.25, 0.3) is 0 Å². The minimum atomic E-state index is -0.142. The molecule has 11 heavy (non-hydrogen) atoms. The molecule has 1 N–H and O–H groups in total. The van der Waals surface area contributed by atoms with Gasteiger partial charge in [-0.1, -0.05) is 6.08 Å². The molecule has 0 radical (unpaired) electrons. The number of hydrogen-bond acceptors (Lipinski definition) is 3. The number of hydrogen-bond donors (Lipinski definition) is 1. The van der Waals surface area contributed by atoms with E-state index in [0.717, 1.165) is 12.8 Å². The van der Waals surface area contributed by atoms with Crippen LogP contribution >= 0.6 is 0 Å². The van der Waals surface area contributed by atoms with Crippen molar-refractivity contribution < 1.29 is 9.53 Å². The number of rotatable bonds is 2. The van der Waals surface area contributed by atoms with Gasteiger partial charge in [-0.15, -0.1) is 0 Å². The van der Waals surface area contributed by atoms with Crippen molar-refractivity contribution in [2.24, 2.45) is 0 Å². The van der Waals surface area contributed by atoms with Crippen LogP contribution in [0.1, 0.15) is 19.8 Å². The molecule has 3 nitrogen and oxygen atoms in total. The van der Waals surface area contributed by atoms with Gasteiger partial charge in [0.15, 0.2) is 0 Å². The van der Waals surface area contributed by atoms with Crippen LogP contribution in [0.15, 0.2) is 12.3 Å². The average molecular weight is 155 g/mol. The highest BCUT2D eigenvalue weighted by Gasteiger charge is 2.18. The summed E-state index contributed by atoms with van der Waals surface area (Å²) in [4.78, 5) is 11.1. The van der Waals surface area contributed by atoms with E-state index in [1.807, 2.05) is 19.2 Å². The normalized spacial score (nSPS) is 22.5. The van der Waals surface area contributed by atoms with Gasteiger partial charge in [0.1, 0.15) is 6.04 Å². The molecule has 0 aliphatic carbocycles. The summed E-state index contributed by atoms with van der Waals surface area (Å²) in [5, 5.41) is 2.95. The quantitative estimate of drug-likeness (QED) is 0.600. The van der Waals surface area contributed by atoms with Crippen molar-refractivity contribution in [1.82, 2.24) is 5.32 Å². The highest BCUT2D eigenvalue weighted by Crippen LogP contribution is 2.05. The Labute approximate surface area is 66.4 Å². The van der Waals surface area contributed by atoms with E-state index in [1.165, 1.54) is 0 Å². The highest BCUT2D eigenvalue weighted by atomic mass is 16.5. The molecule has 0 aromatic rings. The fourth-order valence-corrected chi connectivity index (χ4v) is 1.04. The largest absolute Gasteiger partial charge is 0.464 e. The standard InChI is InChI=1S/C8H13NO2/c1-2-11-8(10)7-5-3-4-6-9-7/h4,6-7,9H,2-3,5H2,1H3/t7-/m1/s1. The summed E-state index contributed by atoms with van der Waals surface area (Å²) in [6, 6.07) is -0.125. The summed E-state index contributed by atoms with van der Waals surface area (Å²) in [6.07, 6.45) is 5.62. The molecule has 1 atom stereocenters. The van der Waals surface area contributed by atoms with E-state index in [2.05, 4.69) is 5.32 Å². The maximum Gasteiger partial charge on any atom is 0.328 e. The first-order valence-electron chi connectivity index (χ1n) is 3.92. The molecule has 1 rings (SSSR count). The van der Waals surface area contributed by atoms with Crippen molar-refractivity contribution in [3.05, 3.63) is 12.3 Å². The first-order valence-corrected chi connectivity index (χ1v) is 3.92. The SMILES string of the molecule is CCOC(=O)[C@H]1CCC=CN1. The second kappa shape index (κ2) is 4.01. The van der Waals surface area contributed by atoms with Crippen LogP contribution in [0.5, 0.6) is 0 Å². The van der Waals surface area contributed by atoms with E-state index in [-0.39, 0.29) is 12.0 Å². The number of allylic oxidation sites excluding steroid dienone is 1. The lowest BCUT2D eigenvalue weighted by Crippen LogP contribution is -2.36. The van der Waals surface area contributed by atoms with Crippen molar-refractivity contribution >= 4 is 5.97 Å². The topological polar surface area (TPSA) is 38.3 Å². The molecule has 0 spiro atoms. The van der Waals surface area contributed by atoms with Crippen LogP contribution in [-0.2, 0) is 9.53 Å². The molecule has 62 valence electrons. The summed E-state index contributed by atoms with van der Waals surface area (Å²) in [7, 11) is 0. The highest BCUT2D eigenvalue weighted by molar-refractivity contribution is 5.76. The zero-order valence-electron chi connectivity index (χ0n) is 6.67. The van der Waals surface area contributed by atoms with Gasteiger partial charge in [-0.3, -0.25) is 0 Å². The number of esters is 1. The number of carbonyl (C=O) groups excluding carboxylic acids is 1. The molecule has 1 heterocycles. The van der Waals surface area contributed by atoms with Crippen LogP contribution in [0.3, 0.4) is 0 Å². The molecule has 3 heteroatoms. The third-order valence-electron chi connectivity index (χ3n) is 1.61. The molecule has 0 saturated heterocycles. The molecule has 0 fully saturated rings. The number of carbonyl (C=O) groups is 1. The Kier molecular flexibility index (Phi) is 2.95. The molecule has 0 unspecified atom stereocenters. The fraction of sp³-hybridized carbons (Fsp3) is 0.625. The van der Waals surface area contributed by atoms with Crippen molar-refractivity contribution in [2.75, 3.05) is 6.61 Å². The van der Waals surface area contributed by atoms with Crippen molar-refractivity contribution in [3.63, 3.8) is 0 Å². The summed E-state index contributed by atoms with van der Waals surface area (Å²) in [5.74, 6) is -0.142. The molecular weight excluding hydrogens is 142 g/mol. The third kappa shape index (κ3) is 2.26. The van der Waals surface area contributed by atoms with Crippen LogP contribution in [-0.4, -0.2) is 18.6 Å². The van der Waals surface area contributed by atoms with Gasteiger partial charge in [0.2, 0.25) is 0 Å². The van der Waals surface area contributed by atoms with E-state index < -0.39 is 0 Å². The summed E-state index contributed by atoms with van der Waals surface area (Å²) >= 11 is 0. The molecule has 1 aliphatic rings. The van der Waals surface area contributed by atoms with Crippen LogP contribution in [0.4, 0.5) is 0 Å². The molecule has 1 aliphatic heterocycles. The Bertz CT molecular complexity index is 165. The Morgan fingerprint density at radius 3 is 3.18 bits per heavy atom. The molecule has 0 bridgehead atoms. The van der Waals surface area contributed by atoms with E-state index in [0.29, 0.717) is 6.61 Å². The van der Waals surface area contributed by atoms with Gasteiger partial charge in [-0.05, 0) is 26.0 Å². The summed E-state index contributed by atoms with van der Waals surface area (Å²) in [6.45, 7) is 2.28. The van der Waals surface area contributed by atoms with E-state index >= 15 is 0 Å². The van der Waals surface area contributed by atoms with E-state index in [4.69, 9.17) is 4.74 Å². The summed E-state index contributed by atoms with van der Waals surface area (Å²) in [5.41, 5.74) is 0. The summed E-state index contributed by atoms with van der Waals surface area (Å²) < 4.78 is 4.85. The van der Waals surface area contributed by atoms with Crippen molar-refractivity contribution in [2.45, 2.75) is 25.8 Å². The Balaban J connectivity index is 2.34. The predicted molar refractivity (Wildman–Crippen MR) is 41.9 cm³/mol. The predicted octanol–water partition coefficient (Wildman–Crippen LogP) is 0.815. The van der Waals surface area contributed by atoms with Gasteiger partial charge in [0.05, 0.1) is 6.61 Å². The lowest BCUT2D eigenvalue weighted by atomic mass is 10.1. The molecular formula is C8H13NO2. The van der Waals surface area contributed by atoms with E-state index in [1.54, 1.807) is 0 Å². The van der Waals surface area contributed by atoms with E-state index in [9.17, 15) is 4.79 Å².